The van der Waals surface area contributed by atoms with Crippen LogP contribution in [0.15, 0.2) is 24.3 Å². The van der Waals surface area contributed by atoms with Crippen LogP contribution >= 0.6 is 11.2 Å². The zero-order valence-corrected chi connectivity index (χ0v) is 17.9. The molecule has 1 aliphatic rings. The van der Waals surface area contributed by atoms with Crippen LogP contribution in [-0.4, -0.2) is 54.7 Å². The predicted molar refractivity (Wildman–Crippen MR) is 109 cm³/mol. The number of anilines is 1. The second kappa shape index (κ2) is 9.15. The second-order valence-electron chi connectivity index (χ2n) is 8.05. The molecular formula is C19H28F3N3O3S. The molecule has 1 aromatic carbocycles. The highest BCUT2D eigenvalue weighted by Crippen LogP contribution is 2.56. The molecule has 0 radical (unpaired) electrons. The van der Waals surface area contributed by atoms with Gasteiger partial charge in [-0.2, -0.15) is 0 Å². The molecular weight excluding hydrogens is 407 g/mol. The van der Waals surface area contributed by atoms with Gasteiger partial charge in [-0.05, 0) is 45.4 Å². The van der Waals surface area contributed by atoms with E-state index >= 15 is 0 Å². The van der Waals surface area contributed by atoms with E-state index < -0.39 is 34.7 Å². The van der Waals surface area contributed by atoms with Gasteiger partial charge < -0.3 is 19.9 Å². The minimum atomic E-state index is -5.09. The zero-order valence-electron chi connectivity index (χ0n) is 17.1. The van der Waals surface area contributed by atoms with E-state index in [2.05, 4.69) is 5.32 Å². The standard InChI is InChI=1S/C19H28F3N3O3S/c1-14(28-18(27)23-19(2,3)4)17(26)25-10-8-24(9-11-25)16-7-5-6-15(12-16)13-29(20,21)22/h5-7,12,14H,8-11,13H2,1-4H3,(H,23,27)/t14-/m0/s1. The molecule has 2 rings (SSSR count). The van der Waals surface area contributed by atoms with Gasteiger partial charge in [0.25, 0.3) is 5.91 Å². The minimum absolute atomic E-state index is 0.246. The number of halogens is 3. The first-order valence-electron chi connectivity index (χ1n) is 9.35. The number of hydrogen-bond donors (Lipinski definition) is 1. The maximum Gasteiger partial charge on any atom is 0.408 e. The van der Waals surface area contributed by atoms with Crippen molar-refractivity contribution >= 4 is 28.9 Å². The van der Waals surface area contributed by atoms with Crippen LogP contribution < -0.4 is 10.2 Å². The second-order valence-corrected chi connectivity index (χ2v) is 9.34. The number of hydrogen-bond acceptors (Lipinski definition) is 4. The Morgan fingerprint density at radius 3 is 2.34 bits per heavy atom. The lowest BCUT2D eigenvalue weighted by molar-refractivity contribution is -0.139. The first-order valence-corrected chi connectivity index (χ1v) is 10.9. The summed E-state index contributed by atoms with van der Waals surface area (Å²) in [5, 5.41) is 2.64. The molecule has 164 valence electrons. The summed E-state index contributed by atoms with van der Waals surface area (Å²) in [5.74, 6) is -1.17. The van der Waals surface area contributed by atoms with E-state index in [1.165, 1.54) is 13.0 Å². The maximum atomic E-state index is 12.7. The van der Waals surface area contributed by atoms with Gasteiger partial charge in [-0.3, -0.25) is 4.79 Å². The molecule has 2 amide bonds. The highest BCUT2D eigenvalue weighted by Gasteiger charge is 2.28. The van der Waals surface area contributed by atoms with Crippen LogP contribution in [0.25, 0.3) is 0 Å². The number of alkyl carbamates (subject to hydrolysis) is 1. The van der Waals surface area contributed by atoms with Gasteiger partial charge in [0, 0.05) is 37.4 Å². The monoisotopic (exact) mass is 435 g/mol. The molecule has 10 heteroatoms. The van der Waals surface area contributed by atoms with Crippen LogP contribution in [-0.2, 0) is 15.3 Å². The van der Waals surface area contributed by atoms with E-state index in [0.29, 0.717) is 31.9 Å². The molecule has 0 aliphatic carbocycles. The molecule has 0 spiro atoms. The van der Waals surface area contributed by atoms with Crippen molar-refractivity contribution < 1.29 is 26.0 Å². The summed E-state index contributed by atoms with van der Waals surface area (Å²) >= 11 is -5.09. The van der Waals surface area contributed by atoms with Crippen molar-refractivity contribution in [2.45, 2.75) is 45.1 Å². The van der Waals surface area contributed by atoms with Crippen LogP contribution in [0.1, 0.15) is 33.3 Å². The lowest BCUT2D eigenvalue weighted by atomic mass is 10.1. The molecule has 1 aliphatic heterocycles. The minimum Gasteiger partial charge on any atom is -0.436 e. The molecule has 1 aromatic rings. The smallest absolute Gasteiger partial charge is 0.408 e. The van der Waals surface area contributed by atoms with Crippen molar-refractivity contribution in [1.29, 1.82) is 0 Å². The fraction of sp³-hybridized carbons (Fsp3) is 0.579. The third-order valence-corrected chi connectivity index (χ3v) is 4.97. The van der Waals surface area contributed by atoms with E-state index in [4.69, 9.17) is 4.74 Å². The third-order valence-electron chi connectivity index (χ3n) is 4.31. The van der Waals surface area contributed by atoms with Gasteiger partial charge in [0.15, 0.2) is 6.10 Å². The zero-order chi connectivity index (χ0) is 21.8. The van der Waals surface area contributed by atoms with Crippen LogP contribution in [0.5, 0.6) is 0 Å². The van der Waals surface area contributed by atoms with Crippen LogP contribution in [0.2, 0.25) is 0 Å². The average Bonchev–Trinajstić information content (AvgIpc) is 2.58. The molecule has 1 fully saturated rings. The molecule has 0 saturated carbocycles. The molecule has 6 nitrogen and oxygen atoms in total. The lowest BCUT2D eigenvalue weighted by Gasteiger charge is -2.37. The summed E-state index contributed by atoms with van der Waals surface area (Å²) in [6, 6.07) is 6.43. The Morgan fingerprint density at radius 1 is 1.17 bits per heavy atom. The molecule has 1 N–H and O–H groups in total. The number of carbonyl (C=O) groups excluding carboxylic acids is 2. The fourth-order valence-electron chi connectivity index (χ4n) is 3.02. The number of rotatable bonds is 5. The fourth-order valence-corrected chi connectivity index (χ4v) is 3.58. The SMILES string of the molecule is C[C@H](OC(=O)NC(C)(C)C)C(=O)N1CCN(c2cccc(CS(F)(F)F)c2)CC1. The van der Waals surface area contributed by atoms with Crippen molar-refractivity contribution in [3.63, 3.8) is 0 Å². The number of nitrogens with one attached hydrogen (secondary N) is 1. The van der Waals surface area contributed by atoms with E-state index in [1.807, 2.05) is 25.7 Å². The highest BCUT2D eigenvalue weighted by molar-refractivity contribution is 8.20. The maximum absolute atomic E-state index is 12.7. The van der Waals surface area contributed by atoms with Crippen molar-refractivity contribution in [2.75, 3.05) is 31.1 Å². The van der Waals surface area contributed by atoms with Gasteiger partial charge >= 0.3 is 6.09 Å². The Hall–Kier alpha value is -2.10. The highest BCUT2D eigenvalue weighted by atomic mass is 32.3. The Kier molecular flexibility index (Phi) is 7.31. The van der Waals surface area contributed by atoms with Gasteiger partial charge in [0.05, 0.1) is 5.75 Å². The number of piperazine rings is 1. The normalized spacial score (nSPS) is 16.9. The summed E-state index contributed by atoms with van der Waals surface area (Å²) in [7, 11) is 0. The number of carbonyl (C=O) groups is 2. The van der Waals surface area contributed by atoms with E-state index in [9.17, 15) is 21.2 Å². The summed E-state index contributed by atoms with van der Waals surface area (Å²) in [6.07, 6.45) is -1.57. The number of nitrogens with zero attached hydrogens (tertiary/aromatic N) is 2. The molecule has 1 heterocycles. The number of amides is 2. The Bertz CT molecular complexity index is 729. The topological polar surface area (TPSA) is 61.9 Å². The molecule has 29 heavy (non-hydrogen) atoms. The van der Waals surface area contributed by atoms with Crippen LogP contribution in [0.3, 0.4) is 0 Å². The predicted octanol–water partition coefficient (Wildman–Crippen LogP) is 4.21. The van der Waals surface area contributed by atoms with Gasteiger partial charge in [-0.1, -0.05) is 12.1 Å². The van der Waals surface area contributed by atoms with Crippen LogP contribution in [0.4, 0.5) is 22.1 Å². The van der Waals surface area contributed by atoms with Gasteiger partial charge in [-0.25, -0.2) is 4.79 Å². The van der Waals surface area contributed by atoms with E-state index in [-0.39, 0.29) is 11.5 Å². The number of ether oxygens (including phenoxy) is 1. The van der Waals surface area contributed by atoms with E-state index in [0.717, 1.165) is 0 Å². The molecule has 0 bridgehead atoms. The third kappa shape index (κ3) is 7.68. The Labute approximate surface area is 171 Å². The lowest BCUT2D eigenvalue weighted by Crippen LogP contribution is -2.52. The van der Waals surface area contributed by atoms with Crippen LogP contribution in [0, 0.1) is 0 Å². The summed E-state index contributed by atoms with van der Waals surface area (Å²) in [5.41, 5.74) is 0.496. The Morgan fingerprint density at radius 2 is 1.79 bits per heavy atom. The van der Waals surface area contributed by atoms with Crippen molar-refractivity contribution in [3.05, 3.63) is 29.8 Å². The van der Waals surface area contributed by atoms with E-state index in [1.54, 1.807) is 23.1 Å². The van der Waals surface area contributed by atoms with Gasteiger partial charge in [-0.15, -0.1) is 11.7 Å². The summed E-state index contributed by atoms with van der Waals surface area (Å²) in [6.45, 7) is 8.76. The molecule has 1 saturated heterocycles. The first-order chi connectivity index (χ1) is 13.3. The van der Waals surface area contributed by atoms with Crippen molar-refractivity contribution in [3.8, 4) is 0 Å². The molecule has 1 atom stereocenters. The molecule has 0 aromatic heterocycles. The largest absolute Gasteiger partial charge is 0.436 e. The quantitative estimate of drug-likeness (QED) is 0.753. The van der Waals surface area contributed by atoms with Crippen molar-refractivity contribution in [1.82, 2.24) is 10.2 Å². The number of benzene rings is 1. The Balaban J connectivity index is 1.89. The molecule has 0 unspecified atom stereocenters. The summed E-state index contributed by atoms with van der Waals surface area (Å²) < 4.78 is 43.2. The van der Waals surface area contributed by atoms with Gasteiger partial charge in [0.2, 0.25) is 11.2 Å². The van der Waals surface area contributed by atoms with Gasteiger partial charge in [0.1, 0.15) is 0 Å². The summed E-state index contributed by atoms with van der Waals surface area (Å²) in [4.78, 5) is 27.9. The van der Waals surface area contributed by atoms with Crippen molar-refractivity contribution in [2.24, 2.45) is 0 Å². The first kappa shape index (κ1) is 23.2. The average molecular weight is 436 g/mol.